The summed E-state index contributed by atoms with van der Waals surface area (Å²) < 4.78 is 1.45. The van der Waals surface area contributed by atoms with Crippen molar-refractivity contribution in [3.8, 4) is 0 Å². The second-order valence-corrected chi connectivity index (χ2v) is 5.69. The van der Waals surface area contributed by atoms with Gasteiger partial charge in [-0.15, -0.1) is 0 Å². The zero-order chi connectivity index (χ0) is 13.6. The van der Waals surface area contributed by atoms with E-state index in [4.69, 9.17) is 14.4 Å². The van der Waals surface area contributed by atoms with E-state index in [9.17, 15) is 5.11 Å². The van der Waals surface area contributed by atoms with E-state index in [1.165, 1.54) is 4.47 Å². The van der Waals surface area contributed by atoms with E-state index >= 15 is 0 Å². The Morgan fingerprint density at radius 2 is 1.69 bits per heavy atom. The summed E-state index contributed by atoms with van der Waals surface area (Å²) in [7, 11) is 0. The quantitative estimate of drug-likeness (QED) is 0.743. The van der Waals surface area contributed by atoms with Crippen LogP contribution in [0.5, 0.6) is 0 Å². The minimum Gasteiger partial charge on any atom is -0.281 e. The van der Waals surface area contributed by atoms with Crippen molar-refractivity contribution >= 4 is 20.4 Å². The van der Waals surface area contributed by atoms with Crippen LogP contribution in [0, 0.1) is 0 Å². The minimum absolute atomic E-state index is 0.112. The fourth-order valence-electron chi connectivity index (χ4n) is 0.845. The smallest absolute Gasteiger partial charge is 0.281 e. The van der Waals surface area contributed by atoms with Crippen LogP contribution in [-0.4, -0.2) is 30.5 Å². The molecule has 0 saturated heterocycles. The molecule has 1 N–H and O–H groups in total. The first-order valence-corrected chi connectivity index (χ1v) is 6.40. The van der Waals surface area contributed by atoms with Crippen LogP contribution in [0.25, 0.3) is 0 Å². The Morgan fingerprint density at radius 3 is 1.94 bits per heavy atom. The van der Waals surface area contributed by atoms with Crippen LogP contribution in [0.4, 0.5) is 0 Å². The van der Waals surface area contributed by atoms with Gasteiger partial charge in [-0.05, 0) is 0 Å². The zero-order valence-electron chi connectivity index (χ0n) is 9.07. The molecule has 0 aromatic carbocycles. The zero-order valence-corrected chi connectivity index (χ0v) is 10.2. The number of allylic oxidation sites excluding steroid dienone is 4. The predicted octanol–water partition coefficient (Wildman–Crippen LogP) is 0.643. The Kier molecular flexibility index (Phi) is 20.9. The van der Waals surface area contributed by atoms with Crippen LogP contribution in [0.1, 0.15) is 13.3 Å². The summed E-state index contributed by atoms with van der Waals surface area (Å²) in [6.07, 6.45) is 7.43. The molecule has 0 heterocycles. The number of aliphatic hydroxyl groups is 1. The molecule has 1 unspecified atom stereocenters. The summed E-state index contributed by atoms with van der Waals surface area (Å²) >= 11 is -0.652. The predicted molar refractivity (Wildman–Crippen MR) is 56.5 cm³/mol. The fraction of sp³-hybridized carbons (Fsp3) is 0.364. The van der Waals surface area contributed by atoms with Crippen molar-refractivity contribution in [2.24, 2.45) is 0 Å². The van der Waals surface area contributed by atoms with Gasteiger partial charge in [0.15, 0.2) is 0 Å². The van der Waals surface area contributed by atoms with Crippen molar-refractivity contribution in [1.82, 2.24) is 0 Å². The second-order valence-electron chi connectivity index (χ2n) is 2.34. The third kappa shape index (κ3) is 9.52. The molecule has 0 saturated carbocycles. The molecule has 88 valence electrons. The van der Waals surface area contributed by atoms with Crippen LogP contribution in [0.15, 0.2) is 22.7 Å². The Morgan fingerprint density at radius 1 is 1.25 bits per heavy atom. The maximum atomic E-state index is 9.26. The molecule has 16 heavy (non-hydrogen) atoms. The van der Waals surface area contributed by atoms with Gasteiger partial charge in [-0.1, -0.05) is 0 Å². The Labute approximate surface area is 101 Å². The maximum Gasteiger partial charge on any atom is 0.281 e. The molecule has 0 aromatic rings. The van der Waals surface area contributed by atoms with Gasteiger partial charge in [0.25, 0.3) is 20.4 Å². The topological polar surface area (TPSA) is 71.4 Å². The van der Waals surface area contributed by atoms with E-state index in [1.54, 1.807) is 0 Å². The minimum atomic E-state index is -0.652. The summed E-state index contributed by atoms with van der Waals surface area (Å²) in [6, 6.07) is 0. The average molecular weight is 264 g/mol. The van der Waals surface area contributed by atoms with Crippen LogP contribution in [-0.2, 0) is 28.3 Å². The molecule has 6 radical (unpaired) electrons. The fourth-order valence-corrected chi connectivity index (χ4v) is 2.42. The summed E-state index contributed by atoms with van der Waals surface area (Å²) in [5.74, 6) is 2.16. The number of hydrogen-bond acceptors (Lipinski definition) is 4. The van der Waals surface area contributed by atoms with E-state index in [1.807, 2.05) is 6.92 Å². The molecule has 4 nitrogen and oxygen atoms in total. The van der Waals surface area contributed by atoms with E-state index in [0.717, 1.165) is 6.42 Å². The third-order valence-electron chi connectivity index (χ3n) is 1.58. The van der Waals surface area contributed by atoms with Gasteiger partial charge >= 0.3 is 65.9 Å². The van der Waals surface area contributed by atoms with Gasteiger partial charge in [0.1, 0.15) is 0 Å². The first-order chi connectivity index (χ1) is 7.72. The van der Waals surface area contributed by atoms with Gasteiger partial charge in [-0.2, -0.15) is 0 Å². The monoisotopic (exact) mass is 264 g/mol. The van der Waals surface area contributed by atoms with E-state index in [0.29, 0.717) is 0 Å². The molecule has 0 aromatic heterocycles. The van der Waals surface area contributed by atoms with Gasteiger partial charge in [0, 0.05) is 0 Å². The Balaban J connectivity index is -0.000000245. The normalized spacial score (nSPS) is 13.7. The van der Waals surface area contributed by atoms with Gasteiger partial charge in [-0.3, -0.25) is 14.4 Å². The van der Waals surface area contributed by atoms with Crippen LogP contribution < -0.4 is 0 Å². The van der Waals surface area contributed by atoms with Crippen molar-refractivity contribution in [1.29, 1.82) is 0 Å². The van der Waals surface area contributed by atoms with Gasteiger partial charge < -0.3 is 0 Å². The largest absolute Gasteiger partial charge is 0.281 e. The number of aliphatic hydroxyl groups excluding tert-OH is 1. The SMILES string of the molecule is C[CH](O)[Mn]([CH3])[C]1=CC=CC1.[C]=O.[C]=O.[C]=O. The molecule has 0 bridgehead atoms. The molecule has 1 aliphatic rings. The summed E-state index contributed by atoms with van der Waals surface area (Å²) in [5.41, 5.74) is 0. The second kappa shape index (κ2) is 16.4. The van der Waals surface area contributed by atoms with Crippen molar-refractivity contribution in [3.05, 3.63) is 22.7 Å². The van der Waals surface area contributed by atoms with Crippen LogP contribution >= 0.6 is 0 Å². The maximum absolute atomic E-state index is 9.26. The molecular weight excluding hydrogens is 251 g/mol. The molecule has 0 spiro atoms. The van der Waals surface area contributed by atoms with Gasteiger partial charge in [0.05, 0.1) is 0 Å². The molecule has 0 aliphatic heterocycles. The molecule has 1 rings (SSSR count). The third-order valence-corrected chi connectivity index (χ3v) is 4.70. The number of carbonyl (C=O) groups excluding carboxylic acids is 3. The van der Waals surface area contributed by atoms with Crippen molar-refractivity contribution in [2.75, 3.05) is 0 Å². The van der Waals surface area contributed by atoms with Crippen molar-refractivity contribution in [3.63, 3.8) is 0 Å². The van der Waals surface area contributed by atoms with E-state index in [2.05, 4.69) is 44.4 Å². The average Bonchev–Trinajstić information content (AvgIpc) is 2.89. The molecule has 5 heteroatoms. The van der Waals surface area contributed by atoms with Crippen LogP contribution in [0.2, 0.25) is 5.82 Å². The molecule has 1 aliphatic carbocycles. The van der Waals surface area contributed by atoms with Gasteiger partial charge in [0.2, 0.25) is 0 Å². The van der Waals surface area contributed by atoms with Gasteiger partial charge in [-0.25, -0.2) is 0 Å². The Bertz CT molecular complexity index is 209. The molecule has 0 fully saturated rings. The van der Waals surface area contributed by atoms with E-state index in [-0.39, 0.29) is 5.00 Å². The summed E-state index contributed by atoms with van der Waals surface area (Å²) in [4.78, 5) is 22.5. The standard InChI is InChI=1S/C5H5.C2H5O.3CO.CH3.Mn/c1-2-4-5-3-1;1-2-3;3*1-2;;/h1-3H,4H2;2-3H,1H3;;;;1H3;. The first kappa shape index (κ1) is 20.4. The molecular formula is C11H13MnO4. The van der Waals surface area contributed by atoms with Crippen molar-refractivity contribution in [2.45, 2.75) is 24.2 Å². The molecule has 0 amide bonds. The first-order valence-electron chi connectivity index (χ1n) is 3.95. The van der Waals surface area contributed by atoms with Crippen LogP contribution in [0.3, 0.4) is 0 Å². The summed E-state index contributed by atoms with van der Waals surface area (Å²) in [5, 5.41) is 9.15. The molecule has 1 atom stereocenters. The number of rotatable bonds is 2. The van der Waals surface area contributed by atoms with E-state index < -0.39 is 13.9 Å². The Hall–Kier alpha value is -1.03. The van der Waals surface area contributed by atoms with Crippen molar-refractivity contribution < 1.29 is 33.4 Å². The summed E-state index contributed by atoms with van der Waals surface area (Å²) in [6.45, 7) is 15.4. The number of hydrogen-bond donors (Lipinski definition) is 1.